The summed E-state index contributed by atoms with van der Waals surface area (Å²) in [4.78, 5) is 4.72. The van der Waals surface area contributed by atoms with Crippen molar-refractivity contribution >= 4 is 41.5 Å². The molecule has 8 heteroatoms. The number of aromatic nitrogens is 3. The molecule has 2 aromatic rings. The number of aryl methyl sites for hydroxylation is 1. The first-order chi connectivity index (χ1) is 12.7. The molecule has 0 spiro atoms. The maximum atomic E-state index is 6.17. The number of halogens is 2. The highest BCUT2D eigenvalue weighted by Gasteiger charge is 2.44. The molecule has 0 radical (unpaired) electrons. The number of benzene rings is 1. The molecule has 1 aliphatic heterocycles. The van der Waals surface area contributed by atoms with Gasteiger partial charge in [-0.05, 0) is 43.9 Å². The number of guanidine groups is 1. The van der Waals surface area contributed by atoms with Gasteiger partial charge in [0.05, 0.1) is 0 Å². The Morgan fingerprint density at radius 3 is 2.89 bits per heavy atom. The van der Waals surface area contributed by atoms with Crippen LogP contribution < -0.4 is 10.6 Å². The predicted octanol–water partition coefficient (Wildman–Crippen LogP) is 3.28. The molecule has 1 aliphatic carbocycles. The van der Waals surface area contributed by atoms with Gasteiger partial charge in [0.1, 0.15) is 12.4 Å². The van der Waals surface area contributed by atoms with E-state index in [9.17, 15) is 0 Å². The van der Waals surface area contributed by atoms with Crippen LogP contribution in [0.1, 0.15) is 43.4 Å². The Morgan fingerprint density at radius 1 is 1.30 bits per heavy atom. The van der Waals surface area contributed by atoms with Crippen LogP contribution in [0.5, 0.6) is 0 Å². The van der Waals surface area contributed by atoms with Crippen LogP contribution in [-0.2, 0) is 24.9 Å². The van der Waals surface area contributed by atoms with Gasteiger partial charge in [0.15, 0.2) is 11.8 Å². The van der Waals surface area contributed by atoms with Crippen LogP contribution in [0.4, 0.5) is 0 Å². The molecular weight excluding hydrogens is 475 g/mol. The quantitative estimate of drug-likeness (QED) is 0.363. The predicted molar refractivity (Wildman–Crippen MR) is 119 cm³/mol. The van der Waals surface area contributed by atoms with E-state index in [1.807, 2.05) is 12.1 Å². The van der Waals surface area contributed by atoms with Crippen molar-refractivity contribution < 1.29 is 0 Å². The Kier molecular flexibility index (Phi) is 6.62. The molecular formula is C19H26ClIN6. The minimum atomic E-state index is 0. The number of hydrogen-bond acceptors (Lipinski definition) is 3. The normalized spacial score (nSPS) is 17.2. The zero-order valence-electron chi connectivity index (χ0n) is 15.5. The van der Waals surface area contributed by atoms with Gasteiger partial charge in [-0.2, -0.15) is 0 Å². The van der Waals surface area contributed by atoms with Crippen LogP contribution in [-0.4, -0.2) is 33.8 Å². The van der Waals surface area contributed by atoms with Gasteiger partial charge >= 0.3 is 0 Å². The van der Waals surface area contributed by atoms with Crippen molar-refractivity contribution in [1.29, 1.82) is 0 Å². The summed E-state index contributed by atoms with van der Waals surface area (Å²) >= 11 is 6.17. The van der Waals surface area contributed by atoms with Crippen molar-refractivity contribution in [3.05, 3.63) is 46.5 Å². The van der Waals surface area contributed by atoms with Gasteiger partial charge < -0.3 is 15.2 Å². The largest absolute Gasteiger partial charge is 0.357 e. The lowest BCUT2D eigenvalue weighted by atomic mass is 9.96. The number of nitrogens with zero attached hydrogens (tertiary/aromatic N) is 4. The molecule has 0 amide bonds. The van der Waals surface area contributed by atoms with E-state index in [4.69, 9.17) is 16.6 Å². The fourth-order valence-electron chi connectivity index (χ4n) is 3.61. The summed E-state index contributed by atoms with van der Waals surface area (Å²) in [5, 5.41) is 16.2. The first-order valence-electron chi connectivity index (χ1n) is 9.39. The summed E-state index contributed by atoms with van der Waals surface area (Å²) in [7, 11) is 0. The number of hydrogen-bond donors (Lipinski definition) is 2. The van der Waals surface area contributed by atoms with Crippen LogP contribution in [0.2, 0.25) is 5.02 Å². The molecule has 1 saturated carbocycles. The lowest BCUT2D eigenvalue weighted by Gasteiger charge is -2.19. The zero-order chi connectivity index (χ0) is 18.0. The highest BCUT2D eigenvalue weighted by Crippen LogP contribution is 2.48. The number of fused-ring (bicyclic) bond motifs is 1. The second kappa shape index (κ2) is 8.77. The van der Waals surface area contributed by atoms with Crippen molar-refractivity contribution in [3.8, 4) is 0 Å². The third-order valence-corrected chi connectivity index (χ3v) is 5.53. The molecule has 0 bridgehead atoms. The standard InChI is InChI=1S/C19H25ClN6.HI/c1-2-21-18(22-12-17-25-24-16-7-4-10-26(16)17)23-13-19(8-9-19)14-5-3-6-15(20)11-14;/h3,5-6,11H,2,4,7-10,12-13H2,1H3,(H2,21,22,23);1H. The Morgan fingerprint density at radius 2 is 2.15 bits per heavy atom. The van der Waals surface area contributed by atoms with E-state index < -0.39 is 0 Å². The fraction of sp³-hybridized carbons (Fsp3) is 0.526. The molecule has 146 valence electrons. The second-order valence-electron chi connectivity index (χ2n) is 7.13. The lowest BCUT2D eigenvalue weighted by Crippen LogP contribution is -2.41. The maximum Gasteiger partial charge on any atom is 0.191 e. The van der Waals surface area contributed by atoms with Crippen molar-refractivity contribution in [2.24, 2.45) is 4.99 Å². The minimum Gasteiger partial charge on any atom is -0.357 e. The molecule has 0 unspecified atom stereocenters. The lowest BCUT2D eigenvalue weighted by molar-refractivity contribution is 0.642. The molecule has 0 atom stereocenters. The first kappa shape index (κ1) is 20.4. The first-order valence-corrected chi connectivity index (χ1v) is 9.77. The molecule has 6 nitrogen and oxygen atoms in total. The Hall–Kier alpha value is -1.35. The highest BCUT2D eigenvalue weighted by atomic mass is 127. The Labute approximate surface area is 182 Å². The molecule has 2 N–H and O–H groups in total. The van der Waals surface area contributed by atoms with Crippen molar-refractivity contribution in [2.75, 3.05) is 13.1 Å². The fourth-order valence-corrected chi connectivity index (χ4v) is 3.80. The Balaban J connectivity index is 0.00000210. The van der Waals surface area contributed by atoms with E-state index in [1.54, 1.807) is 0 Å². The van der Waals surface area contributed by atoms with Crippen LogP contribution in [0.25, 0.3) is 0 Å². The van der Waals surface area contributed by atoms with Gasteiger partial charge in [0.25, 0.3) is 0 Å². The summed E-state index contributed by atoms with van der Waals surface area (Å²) in [6.45, 7) is 5.32. The van der Waals surface area contributed by atoms with E-state index in [2.05, 4.69) is 44.5 Å². The molecule has 1 aromatic heterocycles. The average Bonchev–Trinajstić information content (AvgIpc) is 3.11. The average molecular weight is 501 g/mol. The van der Waals surface area contributed by atoms with Crippen LogP contribution in [0, 0.1) is 0 Å². The smallest absolute Gasteiger partial charge is 0.191 e. The topological polar surface area (TPSA) is 67.1 Å². The van der Waals surface area contributed by atoms with Gasteiger partial charge in [-0.3, -0.25) is 0 Å². The number of nitrogens with one attached hydrogen (secondary N) is 2. The van der Waals surface area contributed by atoms with E-state index in [1.165, 1.54) is 18.4 Å². The summed E-state index contributed by atoms with van der Waals surface area (Å²) in [6.07, 6.45) is 4.54. The summed E-state index contributed by atoms with van der Waals surface area (Å²) < 4.78 is 2.20. The third-order valence-electron chi connectivity index (χ3n) is 5.29. The van der Waals surface area contributed by atoms with E-state index in [0.29, 0.717) is 6.54 Å². The molecule has 2 heterocycles. The van der Waals surface area contributed by atoms with Crippen molar-refractivity contribution in [3.63, 3.8) is 0 Å². The van der Waals surface area contributed by atoms with Gasteiger partial charge in [-0.15, -0.1) is 34.2 Å². The van der Waals surface area contributed by atoms with Gasteiger partial charge in [0, 0.05) is 36.5 Å². The molecule has 1 fully saturated rings. The SMILES string of the molecule is CCNC(=NCc1nnc2n1CCC2)NCC1(c2cccc(Cl)c2)CC1.I. The van der Waals surface area contributed by atoms with Gasteiger partial charge in [-0.25, -0.2) is 4.99 Å². The summed E-state index contributed by atoms with van der Waals surface area (Å²) in [5.41, 5.74) is 1.49. The van der Waals surface area contributed by atoms with E-state index in [0.717, 1.165) is 55.1 Å². The third kappa shape index (κ3) is 4.56. The van der Waals surface area contributed by atoms with Gasteiger partial charge in [-0.1, -0.05) is 23.7 Å². The van der Waals surface area contributed by atoms with E-state index >= 15 is 0 Å². The van der Waals surface area contributed by atoms with Crippen molar-refractivity contribution in [1.82, 2.24) is 25.4 Å². The zero-order valence-corrected chi connectivity index (χ0v) is 18.6. The maximum absolute atomic E-state index is 6.17. The highest BCUT2D eigenvalue weighted by molar-refractivity contribution is 14.0. The summed E-state index contributed by atoms with van der Waals surface area (Å²) in [5.74, 6) is 2.87. The van der Waals surface area contributed by atoms with Gasteiger partial charge in [0.2, 0.25) is 0 Å². The van der Waals surface area contributed by atoms with Crippen LogP contribution in [0.3, 0.4) is 0 Å². The molecule has 0 saturated heterocycles. The van der Waals surface area contributed by atoms with Crippen LogP contribution >= 0.6 is 35.6 Å². The molecule has 4 rings (SSSR count). The molecule has 27 heavy (non-hydrogen) atoms. The second-order valence-corrected chi connectivity index (χ2v) is 7.56. The minimum absolute atomic E-state index is 0. The number of aliphatic imine (C=N–C) groups is 1. The van der Waals surface area contributed by atoms with Crippen LogP contribution in [0.15, 0.2) is 29.3 Å². The molecule has 2 aliphatic rings. The molecule has 1 aromatic carbocycles. The number of rotatable bonds is 6. The van der Waals surface area contributed by atoms with Crippen molar-refractivity contribution in [2.45, 2.75) is 51.1 Å². The summed E-state index contributed by atoms with van der Waals surface area (Å²) in [6, 6.07) is 8.21. The van der Waals surface area contributed by atoms with E-state index in [-0.39, 0.29) is 29.4 Å². The Bertz CT molecular complexity index is 814. The monoisotopic (exact) mass is 500 g/mol.